The second kappa shape index (κ2) is 4.82. The van der Waals surface area contributed by atoms with Gasteiger partial charge in [-0.2, -0.15) is 0 Å². The van der Waals surface area contributed by atoms with Crippen molar-refractivity contribution in [3.63, 3.8) is 0 Å². The van der Waals surface area contributed by atoms with Gasteiger partial charge in [-0.15, -0.1) is 0 Å². The average Bonchev–Trinajstić information content (AvgIpc) is 3.04. The molecule has 0 aliphatic heterocycles. The molecule has 0 spiro atoms. The van der Waals surface area contributed by atoms with Gasteiger partial charge in [-0.1, -0.05) is 12.2 Å². The molecule has 0 radical (unpaired) electrons. The highest BCUT2D eigenvalue weighted by Crippen LogP contribution is 2.44. The Morgan fingerprint density at radius 2 is 2.26 bits per heavy atom. The van der Waals surface area contributed by atoms with Gasteiger partial charge in [-0.25, -0.2) is 0 Å². The number of halogens is 1. The molecule has 1 fully saturated rings. The van der Waals surface area contributed by atoms with Gasteiger partial charge in [-0.3, -0.25) is 4.79 Å². The van der Waals surface area contributed by atoms with Crippen LogP contribution in [-0.2, 0) is 18.4 Å². The van der Waals surface area contributed by atoms with Crippen LogP contribution in [0.25, 0.3) is 0 Å². The number of hydrogen-bond acceptors (Lipinski definition) is 1. The first-order chi connectivity index (χ1) is 9.04. The Labute approximate surface area is 122 Å². The molecule has 2 aliphatic rings. The monoisotopic (exact) mass is 322 g/mol. The molecule has 3 atom stereocenters. The third-order valence-corrected chi connectivity index (χ3v) is 4.88. The van der Waals surface area contributed by atoms with Crippen LogP contribution in [0.2, 0.25) is 0 Å². The Kier molecular flexibility index (Phi) is 3.29. The number of amides is 1. The molecule has 4 heteroatoms. The topological polar surface area (TPSA) is 25.2 Å². The molecule has 1 aromatic rings. The highest BCUT2D eigenvalue weighted by Gasteiger charge is 2.40. The van der Waals surface area contributed by atoms with Crippen LogP contribution >= 0.6 is 15.9 Å². The summed E-state index contributed by atoms with van der Waals surface area (Å²) >= 11 is 3.47. The first kappa shape index (κ1) is 13.0. The van der Waals surface area contributed by atoms with Gasteiger partial charge in [0.15, 0.2) is 0 Å². The molecule has 0 N–H and O–H groups in total. The zero-order valence-electron chi connectivity index (χ0n) is 11.3. The highest BCUT2D eigenvalue weighted by molar-refractivity contribution is 9.10. The maximum Gasteiger partial charge on any atom is 0.226 e. The molecule has 1 aromatic heterocycles. The second-order valence-corrected chi connectivity index (χ2v) is 6.76. The minimum atomic E-state index is 0.212. The molecule has 0 aromatic carbocycles. The number of carbonyl (C=O) groups excluding carboxylic acids is 1. The van der Waals surface area contributed by atoms with Gasteiger partial charge < -0.3 is 9.47 Å². The molecule has 2 bridgehead atoms. The Bertz CT molecular complexity index is 534. The number of aryl methyl sites for hydroxylation is 1. The maximum absolute atomic E-state index is 12.5. The van der Waals surface area contributed by atoms with E-state index in [4.69, 9.17) is 0 Å². The molecule has 2 aliphatic carbocycles. The molecule has 3 rings (SSSR count). The van der Waals surface area contributed by atoms with Crippen LogP contribution in [0.5, 0.6) is 0 Å². The standard InChI is InChI=1S/C15H19BrN2O/c1-17-8-12(16)7-13(17)9-18(2)15(19)14-6-10-3-4-11(14)5-10/h3-4,7-8,10-11,14H,5-6,9H2,1-2H3/t10-,11-,14+/m0/s1. The third kappa shape index (κ3) is 2.38. The summed E-state index contributed by atoms with van der Waals surface area (Å²) in [5.41, 5.74) is 1.15. The fourth-order valence-corrected chi connectivity index (χ4v) is 3.96. The van der Waals surface area contributed by atoms with Gasteiger partial charge in [0.05, 0.1) is 6.54 Å². The zero-order chi connectivity index (χ0) is 13.6. The summed E-state index contributed by atoms with van der Waals surface area (Å²) in [6.07, 6.45) is 8.77. The number of allylic oxidation sites excluding steroid dienone is 2. The van der Waals surface area contributed by atoms with E-state index < -0.39 is 0 Å². The summed E-state index contributed by atoms with van der Waals surface area (Å²) in [4.78, 5) is 14.4. The lowest BCUT2D eigenvalue weighted by Crippen LogP contribution is -2.34. The van der Waals surface area contributed by atoms with Crippen LogP contribution in [0.3, 0.4) is 0 Å². The Morgan fingerprint density at radius 3 is 2.79 bits per heavy atom. The predicted molar refractivity (Wildman–Crippen MR) is 78.4 cm³/mol. The molecule has 0 saturated heterocycles. The fourth-order valence-electron chi connectivity index (χ4n) is 3.39. The lowest BCUT2D eigenvalue weighted by molar-refractivity contribution is -0.135. The first-order valence-corrected chi connectivity index (χ1v) is 7.58. The number of fused-ring (bicyclic) bond motifs is 2. The van der Waals surface area contributed by atoms with E-state index in [1.807, 2.05) is 25.2 Å². The quantitative estimate of drug-likeness (QED) is 0.785. The number of nitrogens with zero attached hydrogens (tertiary/aromatic N) is 2. The summed E-state index contributed by atoms with van der Waals surface area (Å²) in [6.45, 7) is 0.679. The van der Waals surface area contributed by atoms with Crippen molar-refractivity contribution in [3.8, 4) is 0 Å². The van der Waals surface area contributed by atoms with Crippen LogP contribution in [0.4, 0.5) is 0 Å². The van der Waals surface area contributed by atoms with E-state index in [0.717, 1.165) is 16.6 Å². The van der Waals surface area contributed by atoms with Crippen molar-refractivity contribution in [1.29, 1.82) is 0 Å². The van der Waals surface area contributed by atoms with Gasteiger partial charge in [0.1, 0.15) is 0 Å². The van der Waals surface area contributed by atoms with Crippen molar-refractivity contribution < 1.29 is 4.79 Å². The summed E-state index contributed by atoms with van der Waals surface area (Å²) < 4.78 is 3.13. The molecule has 1 saturated carbocycles. The van der Waals surface area contributed by atoms with E-state index >= 15 is 0 Å². The number of carbonyl (C=O) groups is 1. The van der Waals surface area contributed by atoms with E-state index in [9.17, 15) is 4.79 Å². The molecule has 1 heterocycles. The lowest BCUT2D eigenvalue weighted by Gasteiger charge is -2.25. The third-order valence-electron chi connectivity index (χ3n) is 4.45. The number of hydrogen-bond donors (Lipinski definition) is 0. The van der Waals surface area contributed by atoms with Gasteiger partial charge in [0.2, 0.25) is 5.91 Å². The van der Waals surface area contributed by atoms with Gasteiger partial charge in [0.25, 0.3) is 0 Å². The van der Waals surface area contributed by atoms with E-state index in [1.165, 1.54) is 6.42 Å². The maximum atomic E-state index is 12.5. The van der Waals surface area contributed by atoms with Crippen molar-refractivity contribution in [3.05, 3.63) is 34.6 Å². The summed E-state index contributed by atoms with van der Waals surface area (Å²) in [5, 5.41) is 0. The first-order valence-electron chi connectivity index (χ1n) is 6.78. The van der Waals surface area contributed by atoms with Gasteiger partial charge in [-0.05, 0) is 46.7 Å². The van der Waals surface area contributed by atoms with E-state index in [-0.39, 0.29) is 5.92 Å². The smallest absolute Gasteiger partial charge is 0.226 e. The van der Waals surface area contributed by atoms with Crippen molar-refractivity contribution in [2.45, 2.75) is 19.4 Å². The van der Waals surface area contributed by atoms with Crippen molar-refractivity contribution >= 4 is 21.8 Å². The highest BCUT2D eigenvalue weighted by atomic mass is 79.9. The average molecular weight is 323 g/mol. The second-order valence-electron chi connectivity index (χ2n) is 5.84. The Hall–Kier alpha value is -1.03. The SMILES string of the molecule is CN(Cc1cc(Br)cn1C)C(=O)[C@@H]1C[C@H]2C=C[C@H]1C2. The number of aromatic nitrogens is 1. The zero-order valence-corrected chi connectivity index (χ0v) is 12.9. The molecule has 3 nitrogen and oxygen atoms in total. The minimum absolute atomic E-state index is 0.212. The van der Waals surface area contributed by atoms with Crippen LogP contribution in [0.1, 0.15) is 18.5 Å². The van der Waals surface area contributed by atoms with E-state index in [1.54, 1.807) is 0 Å². The minimum Gasteiger partial charge on any atom is -0.352 e. The van der Waals surface area contributed by atoms with Crippen molar-refractivity contribution in [2.24, 2.45) is 24.8 Å². The van der Waals surface area contributed by atoms with E-state index in [0.29, 0.717) is 24.3 Å². The van der Waals surface area contributed by atoms with Crippen LogP contribution in [0, 0.1) is 17.8 Å². The largest absolute Gasteiger partial charge is 0.352 e. The van der Waals surface area contributed by atoms with Gasteiger partial charge >= 0.3 is 0 Å². The Balaban J connectivity index is 1.67. The number of rotatable bonds is 3. The summed E-state index contributed by atoms with van der Waals surface area (Å²) in [7, 11) is 3.93. The van der Waals surface area contributed by atoms with Crippen LogP contribution in [-0.4, -0.2) is 22.4 Å². The molecular formula is C15H19BrN2O. The molecular weight excluding hydrogens is 304 g/mol. The molecule has 0 unspecified atom stereocenters. The molecule has 1 amide bonds. The molecule has 102 valence electrons. The van der Waals surface area contributed by atoms with Crippen molar-refractivity contribution in [1.82, 2.24) is 9.47 Å². The Morgan fingerprint density at radius 1 is 1.47 bits per heavy atom. The predicted octanol–water partition coefficient (Wildman–Crippen LogP) is 2.96. The fraction of sp³-hybridized carbons (Fsp3) is 0.533. The molecule has 19 heavy (non-hydrogen) atoms. The van der Waals surface area contributed by atoms with Gasteiger partial charge in [0, 0.05) is 36.4 Å². The summed E-state index contributed by atoms with van der Waals surface area (Å²) in [6, 6.07) is 2.07. The summed E-state index contributed by atoms with van der Waals surface area (Å²) in [5.74, 6) is 1.65. The normalized spacial score (nSPS) is 28.1. The van der Waals surface area contributed by atoms with Crippen LogP contribution in [0.15, 0.2) is 28.9 Å². The van der Waals surface area contributed by atoms with E-state index in [2.05, 4.69) is 38.7 Å². The van der Waals surface area contributed by atoms with Crippen LogP contribution < -0.4 is 0 Å². The lowest BCUT2D eigenvalue weighted by atomic mass is 9.92. The van der Waals surface area contributed by atoms with Crippen molar-refractivity contribution in [2.75, 3.05) is 7.05 Å².